The van der Waals surface area contributed by atoms with E-state index in [9.17, 15) is 4.39 Å². The first kappa shape index (κ1) is 14.9. The normalized spacial score (nSPS) is 17.7. The van der Waals surface area contributed by atoms with Gasteiger partial charge in [-0.05, 0) is 32.0 Å². The van der Waals surface area contributed by atoms with E-state index in [0.717, 1.165) is 41.1 Å². The summed E-state index contributed by atoms with van der Waals surface area (Å²) in [5.41, 5.74) is 6.76. The van der Waals surface area contributed by atoms with Gasteiger partial charge >= 0.3 is 0 Å². The van der Waals surface area contributed by atoms with E-state index in [1.165, 1.54) is 6.07 Å². The fraction of sp³-hybridized carbons (Fsp3) is 0.500. The highest BCUT2D eigenvalue weighted by molar-refractivity contribution is 7.19. The Morgan fingerprint density at radius 2 is 2.14 bits per heavy atom. The van der Waals surface area contributed by atoms with E-state index in [1.54, 1.807) is 17.4 Å². The van der Waals surface area contributed by atoms with Gasteiger partial charge < -0.3 is 15.4 Å². The molecule has 2 aromatic rings. The molecule has 0 radical (unpaired) electrons. The number of piperidine rings is 1. The standard InChI is InChI=1S/C16H21FN2OS/c1-19-7-5-11(6-8-19)20-10-12-15(9-18)21-14-4-2-3-13(17)16(12)14/h2-4,11H,5-10,18H2,1H3. The van der Waals surface area contributed by atoms with Crippen LogP contribution in [-0.4, -0.2) is 31.1 Å². The van der Waals surface area contributed by atoms with Gasteiger partial charge in [0.1, 0.15) is 5.82 Å². The first-order chi connectivity index (χ1) is 10.2. The highest BCUT2D eigenvalue weighted by Crippen LogP contribution is 2.34. The number of nitrogens with zero attached hydrogens (tertiary/aromatic N) is 1. The van der Waals surface area contributed by atoms with Crippen molar-refractivity contribution < 1.29 is 9.13 Å². The number of thiophene rings is 1. The Morgan fingerprint density at radius 1 is 1.38 bits per heavy atom. The van der Waals surface area contributed by atoms with Crippen molar-refractivity contribution in [2.75, 3.05) is 20.1 Å². The summed E-state index contributed by atoms with van der Waals surface area (Å²) in [5, 5.41) is 0.691. The minimum absolute atomic E-state index is 0.176. The number of benzene rings is 1. The molecule has 3 nitrogen and oxygen atoms in total. The molecular formula is C16H21FN2OS. The van der Waals surface area contributed by atoms with E-state index in [4.69, 9.17) is 10.5 Å². The molecule has 5 heteroatoms. The van der Waals surface area contributed by atoms with Gasteiger partial charge in [0.2, 0.25) is 0 Å². The van der Waals surface area contributed by atoms with Gasteiger partial charge in [-0.2, -0.15) is 0 Å². The molecule has 0 saturated carbocycles. The molecule has 0 spiro atoms. The summed E-state index contributed by atoms with van der Waals surface area (Å²) >= 11 is 1.57. The second-order valence-electron chi connectivity index (χ2n) is 5.63. The lowest BCUT2D eigenvalue weighted by Gasteiger charge is -2.29. The summed E-state index contributed by atoms with van der Waals surface area (Å²) in [6.07, 6.45) is 2.35. The molecule has 1 aliphatic heterocycles. The molecule has 0 atom stereocenters. The van der Waals surface area contributed by atoms with E-state index >= 15 is 0 Å². The van der Waals surface area contributed by atoms with Crippen LogP contribution in [0.3, 0.4) is 0 Å². The van der Waals surface area contributed by atoms with Crippen LogP contribution in [-0.2, 0) is 17.9 Å². The van der Waals surface area contributed by atoms with Crippen LogP contribution in [0.4, 0.5) is 4.39 Å². The number of hydrogen-bond donors (Lipinski definition) is 1. The van der Waals surface area contributed by atoms with Crippen LogP contribution in [0.25, 0.3) is 10.1 Å². The Morgan fingerprint density at radius 3 is 2.86 bits per heavy atom. The number of rotatable bonds is 4. The largest absolute Gasteiger partial charge is 0.373 e. The van der Waals surface area contributed by atoms with Gasteiger partial charge in [0, 0.05) is 40.2 Å². The van der Waals surface area contributed by atoms with Gasteiger partial charge in [-0.15, -0.1) is 11.3 Å². The van der Waals surface area contributed by atoms with Crippen molar-refractivity contribution in [1.29, 1.82) is 0 Å². The van der Waals surface area contributed by atoms with Crippen LogP contribution in [0.1, 0.15) is 23.3 Å². The molecule has 114 valence electrons. The molecule has 1 saturated heterocycles. The molecule has 2 heterocycles. The fourth-order valence-corrected chi connectivity index (χ4v) is 3.99. The number of fused-ring (bicyclic) bond motifs is 1. The third kappa shape index (κ3) is 3.11. The van der Waals surface area contributed by atoms with E-state index in [0.29, 0.717) is 18.5 Å². The maximum Gasteiger partial charge on any atom is 0.132 e. The molecule has 21 heavy (non-hydrogen) atoms. The van der Waals surface area contributed by atoms with Crippen molar-refractivity contribution in [1.82, 2.24) is 4.90 Å². The number of ether oxygens (including phenoxy) is 1. The summed E-state index contributed by atoms with van der Waals surface area (Å²) in [7, 11) is 2.13. The van der Waals surface area contributed by atoms with Crippen molar-refractivity contribution in [3.63, 3.8) is 0 Å². The van der Waals surface area contributed by atoms with Crippen LogP contribution < -0.4 is 5.73 Å². The first-order valence-corrected chi connectivity index (χ1v) is 8.19. The monoisotopic (exact) mass is 308 g/mol. The van der Waals surface area contributed by atoms with E-state index in [-0.39, 0.29) is 11.9 Å². The lowest BCUT2D eigenvalue weighted by atomic mass is 10.1. The van der Waals surface area contributed by atoms with Gasteiger partial charge in [-0.1, -0.05) is 6.07 Å². The quantitative estimate of drug-likeness (QED) is 0.943. The zero-order valence-electron chi connectivity index (χ0n) is 12.3. The maximum atomic E-state index is 14.1. The summed E-state index contributed by atoms with van der Waals surface area (Å²) < 4.78 is 21.1. The molecule has 0 bridgehead atoms. The van der Waals surface area contributed by atoms with Crippen LogP contribution in [0, 0.1) is 5.82 Å². The topological polar surface area (TPSA) is 38.5 Å². The van der Waals surface area contributed by atoms with E-state index < -0.39 is 0 Å². The van der Waals surface area contributed by atoms with Gasteiger partial charge in [0.15, 0.2) is 0 Å². The average Bonchev–Trinajstić information content (AvgIpc) is 2.86. The second kappa shape index (κ2) is 6.40. The third-order valence-corrected chi connectivity index (χ3v) is 5.38. The Bertz CT molecular complexity index is 620. The smallest absolute Gasteiger partial charge is 0.132 e. The molecule has 3 rings (SSSR count). The molecule has 0 unspecified atom stereocenters. The van der Waals surface area contributed by atoms with Crippen molar-refractivity contribution in [2.24, 2.45) is 5.73 Å². The highest BCUT2D eigenvalue weighted by Gasteiger charge is 2.20. The molecule has 1 aromatic heterocycles. The van der Waals surface area contributed by atoms with Crippen LogP contribution in [0.15, 0.2) is 18.2 Å². The van der Waals surface area contributed by atoms with Crippen molar-refractivity contribution >= 4 is 21.4 Å². The third-order valence-electron chi connectivity index (χ3n) is 4.16. The van der Waals surface area contributed by atoms with Crippen molar-refractivity contribution in [3.05, 3.63) is 34.5 Å². The molecule has 1 aliphatic rings. The predicted octanol–water partition coefficient (Wildman–Crippen LogP) is 3.11. The lowest BCUT2D eigenvalue weighted by Crippen LogP contribution is -2.34. The summed E-state index contributed by atoms with van der Waals surface area (Å²) in [5.74, 6) is -0.176. The number of likely N-dealkylation sites (tertiary alicyclic amines) is 1. The SMILES string of the molecule is CN1CCC(OCc2c(CN)sc3cccc(F)c23)CC1. The van der Waals surface area contributed by atoms with Gasteiger partial charge in [-0.3, -0.25) is 0 Å². The maximum absolute atomic E-state index is 14.1. The van der Waals surface area contributed by atoms with Crippen LogP contribution in [0.5, 0.6) is 0 Å². The minimum atomic E-state index is -0.176. The Hall–Kier alpha value is -1.01. The van der Waals surface area contributed by atoms with Crippen molar-refractivity contribution in [2.45, 2.75) is 32.1 Å². The first-order valence-electron chi connectivity index (χ1n) is 7.38. The number of hydrogen-bond acceptors (Lipinski definition) is 4. The molecule has 2 N–H and O–H groups in total. The minimum Gasteiger partial charge on any atom is -0.373 e. The Labute approximate surface area is 128 Å². The van der Waals surface area contributed by atoms with E-state index in [2.05, 4.69) is 11.9 Å². The fourth-order valence-electron chi connectivity index (χ4n) is 2.89. The molecule has 1 aromatic carbocycles. The van der Waals surface area contributed by atoms with Gasteiger partial charge in [-0.25, -0.2) is 4.39 Å². The summed E-state index contributed by atoms with van der Waals surface area (Å²) in [4.78, 5) is 3.34. The summed E-state index contributed by atoms with van der Waals surface area (Å²) in [6, 6.07) is 5.20. The molecule has 0 amide bonds. The number of halogens is 1. The zero-order valence-corrected chi connectivity index (χ0v) is 13.1. The molecule has 1 fully saturated rings. The molecule has 0 aliphatic carbocycles. The lowest BCUT2D eigenvalue weighted by molar-refractivity contribution is 0.00244. The van der Waals surface area contributed by atoms with Gasteiger partial charge in [0.25, 0.3) is 0 Å². The summed E-state index contributed by atoms with van der Waals surface area (Å²) in [6.45, 7) is 3.02. The second-order valence-corrected chi connectivity index (χ2v) is 6.77. The zero-order chi connectivity index (χ0) is 14.8. The predicted molar refractivity (Wildman–Crippen MR) is 85.0 cm³/mol. The Balaban J connectivity index is 1.79. The average molecular weight is 308 g/mol. The van der Waals surface area contributed by atoms with Crippen LogP contribution in [0.2, 0.25) is 0 Å². The van der Waals surface area contributed by atoms with E-state index in [1.807, 2.05) is 6.07 Å². The van der Waals surface area contributed by atoms with Crippen LogP contribution >= 0.6 is 11.3 Å². The van der Waals surface area contributed by atoms with Crippen molar-refractivity contribution in [3.8, 4) is 0 Å². The number of nitrogens with two attached hydrogens (primary N) is 1. The van der Waals surface area contributed by atoms with Gasteiger partial charge in [0.05, 0.1) is 12.7 Å². The highest BCUT2D eigenvalue weighted by atomic mass is 32.1. The Kier molecular flexibility index (Phi) is 4.54. The molecular weight excluding hydrogens is 287 g/mol.